The summed E-state index contributed by atoms with van der Waals surface area (Å²) in [5.41, 5.74) is 1.45. The standard InChI is InChI=1S/C16H24N4O/c21-16(13-6-4-2-1-3-5-7-13)15-12-20(19-18-15)14-8-10-17-11-9-14/h6,12,14,17H,1-5,7-11H2. The first kappa shape index (κ1) is 14.4. The Morgan fingerprint density at radius 1 is 1.19 bits per heavy atom. The number of nitrogens with zero attached hydrogens (tertiary/aromatic N) is 3. The molecule has 1 fully saturated rings. The van der Waals surface area contributed by atoms with Gasteiger partial charge in [-0.3, -0.25) is 4.79 Å². The first-order valence-electron chi connectivity index (χ1n) is 8.21. The van der Waals surface area contributed by atoms with E-state index in [1.807, 2.05) is 10.9 Å². The number of hydrogen-bond donors (Lipinski definition) is 1. The Balaban J connectivity index is 1.70. The lowest BCUT2D eigenvalue weighted by Crippen LogP contribution is -2.29. The molecule has 114 valence electrons. The highest BCUT2D eigenvalue weighted by Gasteiger charge is 2.20. The Kier molecular flexibility index (Phi) is 4.80. The topological polar surface area (TPSA) is 59.8 Å². The summed E-state index contributed by atoms with van der Waals surface area (Å²) in [5, 5.41) is 11.7. The molecule has 1 N–H and O–H groups in total. The lowest BCUT2D eigenvalue weighted by molar-refractivity contribution is 0.102. The van der Waals surface area contributed by atoms with Crippen LogP contribution in [0.3, 0.4) is 0 Å². The molecule has 0 aromatic carbocycles. The van der Waals surface area contributed by atoms with Crippen LogP contribution in [0.2, 0.25) is 0 Å². The van der Waals surface area contributed by atoms with Crippen LogP contribution in [0.1, 0.15) is 67.9 Å². The maximum absolute atomic E-state index is 12.6. The minimum Gasteiger partial charge on any atom is -0.317 e. The molecule has 1 aliphatic heterocycles. The van der Waals surface area contributed by atoms with E-state index in [0.29, 0.717) is 11.7 Å². The number of carbonyl (C=O) groups is 1. The minimum absolute atomic E-state index is 0.0806. The van der Waals surface area contributed by atoms with E-state index >= 15 is 0 Å². The molecule has 1 aliphatic carbocycles. The van der Waals surface area contributed by atoms with Crippen molar-refractivity contribution in [2.45, 2.75) is 57.4 Å². The van der Waals surface area contributed by atoms with Gasteiger partial charge in [0.2, 0.25) is 5.78 Å². The SMILES string of the molecule is O=C(C1=CCCCCCC1)c1cn(C2CCNCC2)nn1. The number of Topliss-reactive ketones (excluding diaryl/α,β-unsaturated/α-hetero) is 1. The molecule has 0 spiro atoms. The lowest BCUT2D eigenvalue weighted by atomic mass is 9.96. The fourth-order valence-electron chi connectivity index (χ4n) is 3.19. The average molecular weight is 288 g/mol. The minimum atomic E-state index is 0.0806. The Morgan fingerprint density at radius 2 is 2.00 bits per heavy atom. The third kappa shape index (κ3) is 3.59. The van der Waals surface area contributed by atoms with E-state index in [2.05, 4.69) is 21.7 Å². The molecule has 2 aliphatic rings. The van der Waals surface area contributed by atoms with Crippen molar-refractivity contribution in [1.29, 1.82) is 0 Å². The number of rotatable bonds is 3. The van der Waals surface area contributed by atoms with Crippen LogP contribution in [0.25, 0.3) is 0 Å². The van der Waals surface area contributed by atoms with Crippen LogP contribution in [0.5, 0.6) is 0 Å². The van der Waals surface area contributed by atoms with Gasteiger partial charge in [-0.15, -0.1) is 5.10 Å². The Labute approximate surface area is 125 Å². The summed E-state index contributed by atoms with van der Waals surface area (Å²) in [6.07, 6.45) is 12.8. The summed E-state index contributed by atoms with van der Waals surface area (Å²) in [6.45, 7) is 2.03. The van der Waals surface area contributed by atoms with Gasteiger partial charge in [-0.2, -0.15) is 0 Å². The van der Waals surface area contributed by atoms with Crippen LogP contribution >= 0.6 is 0 Å². The number of piperidine rings is 1. The normalized spacial score (nSPS) is 21.4. The van der Waals surface area contributed by atoms with Crippen LogP contribution in [0.15, 0.2) is 17.8 Å². The third-order valence-corrected chi connectivity index (χ3v) is 4.51. The second kappa shape index (κ2) is 6.98. The maximum Gasteiger partial charge on any atom is 0.210 e. The molecule has 1 saturated heterocycles. The van der Waals surface area contributed by atoms with E-state index in [9.17, 15) is 4.79 Å². The number of ketones is 1. The van der Waals surface area contributed by atoms with Crippen molar-refractivity contribution in [2.24, 2.45) is 0 Å². The maximum atomic E-state index is 12.6. The average Bonchev–Trinajstić information content (AvgIpc) is 2.97. The summed E-state index contributed by atoms with van der Waals surface area (Å²) in [7, 11) is 0. The summed E-state index contributed by atoms with van der Waals surface area (Å²) in [4.78, 5) is 12.6. The molecule has 0 saturated carbocycles. The van der Waals surface area contributed by atoms with Crippen molar-refractivity contribution >= 4 is 5.78 Å². The fourth-order valence-corrected chi connectivity index (χ4v) is 3.19. The molecule has 2 heterocycles. The fraction of sp³-hybridized carbons (Fsp3) is 0.688. The van der Waals surface area contributed by atoms with Gasteiger partial charge in [-0.1, -0.05) is 24.1 Å². The van der Waals surface area contributed by atoms with Crippen molar-refractivity contribution < 1.29 is 4.79 Å². The summed E-state index contributed by atoms with van der Waals surface area (Å²) >= 11 is 0. The second-order valence-electron chi connectivity index (χ2n) is 6.08. The summed E-state index contributed by atoms with van der Waals surface area (Å²) in [6, 6.07) is 0.381. The first-order chi connectivity index (χ1) is 10.3. The van der Waals surface area contributed by atoms with Gasteiger partial charge in [0.25, 0.3) is 0 Å². The summed E-state index contributed by atoms with van der Waals surface area (Å²) in [5.74, 6) is 0.0806. The van der Waals surface area contributed by atoms with Gasteiger partial charge in [0.15, 0.2) is 5.69 Å². The molecule has 5 nitrogen and oxygen atoms in total. The molecule has 0 bridgehead atoms. The van der Waals surface area contributed by atoms with Gasteiger partial charge in [0.1, 0.15) is 0 Å². The highest BCUT2D eigenvalue weighted by atomic mass is 16.1. The van der Waals surface area contributed by atoms with Crippen molar-refractivity contribution in [2.75, 3.05) is 13.1 Å². The predicted molar refractivity (Wildman–Crippen MR) is 81.3 cm³/mol. The number of hydrogen-bond acceptors (Lipinski definition) is 4. The van der Waals surface area contributed by atoms with Gasteiger partial charge < -0.3 is 5.32 Å². The quantitative estimate of drug-likeness (QED) is 0.869. The van der Waals surface area contributed by atoms with Gasteiger partial charge in [0, 0.05) is 0 Å². The zero-order valence-electron chi connectivity index (χ0n) is 12.6. The van der Waals surface area contributed by atoms with E-state index in [4.69, 9.17) is 0 Å². The highest BCUT2D eigenvalue weighted by molar-refractivity contribution is 6.07. The smallest absolute Gasteiger partial charge is 0.210 e. The Morgan fingerprint density at radius 3 is 2.86 bits per heavy atom. The molecule has 1 aromatic rings. The zero-order valence-corrected chi connectivity index (χ0v) is 12.6. The van der Waals surface area contributed by atoms with E-state index in [1.54, 1.807) is 0 Å². The number of carbonyl (C=O) groups excluding carboxylic acids is 1. The molecular weight excluding hydrogens is 264 g/mol. The number of nitrogens with one attached hydrogen (secondary N) is 1. The van der Waals surface area contributed by atoms with Gasteiger partial charge in [0.05, 0.1) is 12.2 Å². The van der Waals surface area contributed by atoms with E-state index in [-0.39, 0.29) is 5.78 Å². The molecule has 3 rings (SSSR count). The van der Waals surface area contributed by atoms with Crippen molar-refractivity contribution in [3.8, 4) is 0 Å². The van der Waals surface area contributed by atoms with E-state index in [0.717, 1.165) is 50.8 Å². The second-order valence-corrected chi connectivity index (χ2v) is 6.08. The molecule has 0 atom stereocenters. The third-order valence-electron chi connectivity index (χ3n) is 4.51. The molecule has 0 unspecified atom stereocenters. The largest absolute Gasteiger partial charge is 0.317 e. The summed E-state index contributed by atoms with van der Waals surface area (Å²) < 4.78 is 1.89. The monoisotopic (exact) mass is 288 g/mol. The first-order valence-corrected chi connectivity index (χ1v) is 8.21. The van der Waals surface area contributed by atoms with Crippen molar-refractivity contribution in [3.05, 3.63) is 23.5 Å². The van der Waals surface area contributed by atoms with Crippen molar-refractivity contribution in [3.63, 3.8) is 0 Å². The molecule has 21 heavy (non-hydrogen) atoms. The number of allylic oxidation sites excluding steroid dienone is 2. The van der Waals surface area contributed by atoms with E-state index < -0.39 is 0 Å². The molecule has 1 aromatic heterocycles. The van der Waals surface area contributed by atoms with Crippen LogP contribution in [0, 0.1) is 0 Å². The van der Waals surface area contributed by atoms with Crippen LogP contribution in [-0.2, 0) is 0 Å². The lowest BCUT2D eigenvalue weighted by Gasteiger charge is -2.22. The molecule has 0 radical (unpaired) electrons. The predicted octanol–water partition coefficient (Wildman–Crippen LogP) is 2.67. The van der Waals surface area contributed by atoms with Gasteiger partial charge in [-0.25, -0.2) is 4.68 Å². The zero-order chi connectivity index (χ0) is 14.5. The van der Waals surface area contributed by atoms with Crippen molar-refractivity contribution in [1.82, 2.24) is 20.3 Å². The Bertz CT molecular complexity index is 514. The van der Waals surface area contributed by atoms with Crippen LogP contribution < -0.4 is 5.32 Å². The van der Waals surface area contributed by atoms with Crippen LogP contribution in [-0.4, -0.2) is 33.9 Å². The van der Waals surface area contributed by atoms with Crippen LogP contribution in [0.4, 0.5) is 0 Å². The van der Waals surface area contributed by atoms with Gasteiger partial charge >= 0.3 is 0 Å². The number of aromatic nitrogens is 3. The van der Waals surface area contributed by atoms with Gasteiger partial charge in [-0.05, 0) is 57.2 Å². The molecule has 0 amide bonds. The van der Waals surface area contributed by atoms with E-state index in [1.165, 1.54) is 19.3 Å². The molecule has 5 heteroatoms. The highest BCUT2D eigenvalue weighted by Crippen LogP contribution is 2.21. The molecular formula is C16H24N4O. The Hall–Kier alpha value is -1.49.